The molecule has 0 aliphatic carbocycles. The lowest BCUT2D eigenvalue weighted by atomic mass is 9.91. The summed E-state index contributed by atoms with van der Waals surface area (Å²) in [5.41, 5.74) is 19.4. The maximum absolute atomic E-state index is 13.7. The Labute approximate surface area is 232 Å². The van der Waals surface area contributed by atoms with Crippen LogP contribution in [0.4, 0.5) is 11.4 Å². The van der Waals surface area contributed by atoms with Gasteiger partial charge in [0.15, 0.2) is 17.3 Å². The largest absolute Gasteiger partial charge is 0.456 e. The van der Waals surface area contributed by atoms with Crippen molar-refractivity contribution in [3.8, 4) is 0 Å². The highest BCUT2D eigenvalue weighted by Gasteiger charge is 2.39. The number of rotatable bonds is 13. The fourth-order valence-corrected chi connectivity index (χ4v) is 3.81. The van der Waals surface area contributed by atoms with E-state index in [1.807, 2.05) is 0 Å². The van der Waals surface area contributed by atoms with Gasteiger partial charge in [-0.15, -0.1) is 0 Å². The third kappa shape index (κ3) is 9.36. The quantitative estimate of drug-likeness (QED) is 0.0364. The van der Waals surface area contributed by atoms with E-state index in [-0.39, 0.29) is 37.7 Å². The molecule has 1 aromatic rings. The summed E-state index contributed by atoms with van der Waals surface area (Å²) in [6, 6.07) is -0.613. The maximum Gasteiger partial charge on any atom is 0.346 e. The Kier molecular flexibility index (Phi) is 12.3. The highest BCUT2D eigenvalue weighted by atomic mass is 16.6. The first-order valence-electron chi connectivity index (χ1n) is 12.7. The number of Topliss-reactive ketones (excluding diaryl/α,β-unsaturated/α-hetero) is 1. The van der Waals surface area contributed by atoms with Crippen molar-refractivity contribution in [2.45, 2.75) is 71.6 Å². The number of esters is 1. The summed E-state index contributed by atoms with van der Waals surface area (Å²) in [5, 5.41) is 21.7. The zero-order valence-electron chi connectivity index (χ0n) is 23.5. The molecular formula is C25H40N8O7. The minimum absolute atomic E-state index is 0.0372. The number of hydrogen-bond acceptors (Lipinski definition) is 11. The van der Waals surface area contributed by atoms with E-state index in [0.29, 0.717) is 4.90 Å². The molecule has 0 aromatic heterocycles. The molecule has 15 heteroatoms. The van der Waals surface area contributed by atoms with Gasteiger partial charge in [-0.3, -0.25) is 29.9 Å². The second-order valence-corrected chi connectivity index (χ2v) is 10.6. The van der Waals surface area contributed by atoms with Gasteiger partial charge in [0.1, 0.15) is 5.60 Å². The minimum Gasteiger partial charge on any atom is -0.456 e. The SMILES string of the molecule is CC(C)CC(N)C(=O)c1c(N(C(=O)CN)C(=O)C(N)CCCNC(=N)N)ccc([N+](=O)[O-])c1C(=O)OC(C)(C)C. The molecule has 0 fully saturated rings. The molecule has 2 unspecified atom stereocenters. The van der Waals surface area contributed by atoms with Crippen molar-refractivity contribution in [3.05, 3.63) is 33.4 Å². The lowest BCUT2D eigenvalue weighted by Crippen LogP contribution is -2.50. The molecule has 1 aromatic carbocycles. The van der Waals surface area contributed by atoms with Gasteiger partial charge in [0.05, 0.1) is 34.8 Å². The van der Waals surface area contributed by atoms with E-state index in [9.17, 15) is 29.3 Å². The number of guanidine groups is 1. The molecule has 222 valence electrons. The molecule has 0 aliphatic heterocycles. The molecule has 2 atom stereocenters. The van der Waals surface area contributed by atoms with Crippen LogP contribution in [0.15, 0.2) is 12.1 Å². The molecule has 40 heavy (non-hydrogen) atoms. The number of ketones is 1. The summed E-state index contributed by atoms with van der Waals surface area (Å²) >= 11 is 0. The Balaban J connectivity index is 3.91. The summed E-state index contributed by atoms with van der Waals surface area (Å²) in [4.78, 5) is 65.2. The number of carbonyl (C=O) groups is 4. The lowest BCUT2D eigenvalue weighted by Gasteiger charge is -2.28. The summed E-state index contributed by atoms with van der Waals surface area (Å²) in [5.74, 6) is -4.41. The number of nitro benzene ring substituents is 1. The molecule has 2 amide bonds. The second kappa shape index (κ2) is 14.4. The Hall–Kier alpha value is -3.95. The second-order valence-electron chi connectivity index (χ2n) is 10.6. The van der Waals surface area contributed by atoms with Crippen LogP contribution in [0.3, 0.4) is 0 Å². The third-order valence-corrected chi connectivity index (χ3v) is 5.48. The number of nitrogens with two attached hydrogens (primary N) is 4. The van der Waals surface area contributed by atoms with Crippen molar-refractivity contribution in [2.75, 3.05) is 18.0 Å². The number of nitrogens with one attached hydrogen (secondary N) is 2. The van der Waals surface area contributed by atoms with Crippen LogP contribution in [0.25, 0.3) is 0 Å². The molecule has 15 nitrogen and oxygen atoms in total. The Morgan fingerprint density at radius 3 is 2.20 bits per heavy atom. The summed E-state index contributed by atoms with van der Waals surface area (Å²) in [6.07, 6.45) is 0.456. The predicted molar refractivity (Wildman–Crippen MR) is 149 cm³/mol. The predicted octanol–water partition coefficient (Wildman–Crippen LogP) is 0.515. The van der Waals surface area contributed by atoms with Crippen LogP contribution in [0.5, 0.6) is 0 Å². The van der Waals surface area contributed by atoms with Crippen LogP contribution in [-0.4, -0.2) is 65.2 Å². The number of nitrogens with zero attached hydrogens (tertiary/aromatic N) is 2. The molecular weight excluding hydrogens is 524 g/mol. The number of imide groups is 1. The van der Waals surface area contributed by atoms with Crippen molar-refractivity contribution in [1.82, 2.24) is 5.32 Å². The van der Waals surface area contributed by atoms with Crippen molar-refractivity contribution in [2.24, 2.45) is 28.9 Å². The summed E-state index contributed by atoms with van der Waals surface area (Å²) in [7, 11) is 0. The third-order valence-electron chi connectivity index (χ3n) is 5.48. The zero-order chi connectivity index (χ0) is 30.9. The van der Waals surface area contributed by atoms with Crippen LogP contribution in [0, 0.1) is 21.4 Å². The van der Waals surface area contributed by atoms with Gasteiger partial charge < -0.3 is 33.0 Å². The molecule has 10 N–H and O–H groups in total. The number of nitro groups is 1. The van der Waals surface area contributed by atoms with Crippen molar-refractivity contribution in [3.63, 3.8) is 0 Å². The maximum atomic E-state index is 13.7. The van der Waals surface area contributed by atoms with Crippen molar-refractivity contribution >= 4 is 40.9 Å². The van der Waals surface area contributed by atoms with E-state index < -0.39 is 75.2 Å². The van der Waals surface area contributed by atoms with Gasteiger partial charge in [-0.2, -0.15) is 0 Å². The average molecular weight is 565 g/mol. The van der Waals surface area contributed by atoms with Crippen LogP contribution < -0.4 is 33.2 Å². The highest BCUT2D eigenvalue weighted by molar-refractivity contribution is 6.23. The number of benzene rings is 1. The molecule has 0 saturated carbocycles. The molecule has 0 heterocycles. The number of ether oxygens (including phenoxy) is 1. The van der Waals surface area contributed by atoms with Gasteiger partial charge in [0.25, 0.3) is 11.6 Å². The normalized spacial score (nSPS) is 12.8. The fraction of sp³-hybridized carbons (Fsp3) is 0.560. The summed E-state index contributed by atoms with van der Waals surface area (Å²) < 4.78 is 5.37. The molecule has 0 saturated heterocycles. The first kappa shape index (κ1) is 34.1. The highest BCUT2D eigenvalue weighted by Crippen LogP contribution is 2.35. The molecule has 1 rings (SSSR count). The Morgan fingerprint density at radius 1 is 1.12 bits per heavy atom. The van der Waals surface area contributed by atoms with Gasteiger partial charge in [-0.1, -0.05) is 13.8 Å². The van der Waals surface area contributed by atoms with Gasteiger partial charge in [0.2, 0.25) is 5.91 Å². The number of hydrogen-bond donors (Lipinski definition) is 6. The lowest BCUT2D eigenvalue weighted by molar-refractivity contribution is -0.385. The Morgan fingerprint density at radius 2 is 1.73 bits per heavy atom. The van der Waals surface area contributed by atoms with Crippen LogP contribution >= 0.6 is 0 Å². The monoisotopic (exact) mass is 564 g/mol. The van der Waals surface area contributed by atoms with E-state index in [1.54, 1.807) is 13.8 Å². The average Bonchev–Trinajstić information content (AvgIpc) is 2.83. The van der Waals surface area contributed by atoms with Gasteiger partial charge in [-0.05, 0) is 52.0 Å². The number of carbonyl (C=O) groups excluding carboxylic acids is 4. The smallest absolute Gasteiger partial charge is 0.346 e. The first-order valence-corrected chi connectivity index (χ1v) is 12.7. The van der Waals surface area contributed by atoms with Crippen molar-refractivity contribution in [1.29, 1.82) is 5.41 Å². The van der Waals surface area contributed by atoms with E-state index in [0.717, 1.165) is 12.1 Å². The van der Waals surface area contributed by atoms with Crippen molar-refractivity contribution < 1.29 is 28.8 Å². The van der Waals surface area contributed by atoms with Crippen LogP contribution in [0.1, 0.15) is 74.6 Å². The topological polar surface area (TPSA) is 264 Å². The van der Waals surface area contributed by atoms with E-state index in [4.69, 9.17) is 33.1 Å². The molecule has 0 bridgehead atoms. The summed E-state index contributed by atoms with van der Waals surface area (Å²) in [6.45, 7) is 7.71. The van der Waals surface area contributed by atoms with Gasteiger partial charge >= 0.3 is 5.97 Å². The molecule has 0 radical (unpaired) electrons. The molecule has 0 aliphatic rings. The minimum atomic E-state index is -1.28. The van der Waals surface area contributed by atoms with E-state index in [2.05, 4.69) is 5.32 Å². The van der Waals surface area contributed by atoms with Crippen LogP contribution in [-0.2, 0) is 14.3 Å². The van der Waals surface area contributed by atoms with E-state index >= 15 is 0 Å². The van der Waals surface area contributed by atoms with E-state index in [1.165, 1.54) is 20.8 Å². The molecule has 0 spiro atoms. The first-order chi connectivity index (χ1) is 18.4. The Bertz CT molecular complexity index is 1150. The van der Waals surface area contributed by atoms with Gasteiger partial charge in [0, 0.05) is 12.6 Å². The standard InChI is InChI=1S/C25H40N8O7/c1-13(2)11-15(28)21(35)19-16(8-9-17(33(38)39)20(19)23(37)40-25(3,4)5)32(18(34)12-26)22(36)14(27)7-6-10-31-24(29)30/h8-9,13-15H,6-7,10-12,26-28H2,1-5H3,(H4,29,30,31). The van der Waals surface area contributed by atoms with Crippen LogP contribution in [0.2, 0.25) is 0 Å². The fourth-order valence-electron chi connectivity index (χ4n) is 3.81. The zero-order valence-corrected chi connectivity index (χ0v) is 23.5. The number of anilines is 1. The number of amides is 2. The van der Waals surface area contributed by atoms with Gasteiger partial charge in [-0.25, -0.2) is 9.69 Å².